The maximum atomic E-state index is 14.2. The van der Waals surface area contributed by atoms with Gasteiger partial charge in [0.25, 0.3) is 0 Å². The van der Waals surface area contributed by atoms with Gasteiger partial charge >= 0.3 is 18.9 Å². The van der Waals surface area contributed by atoms with Crippen molar-refractivity contribution in [3.05, 3.63) is 116 Å². The van der Waals surface area contributed by atoms with E-state index in [1.807, 2.05) is 30.3 Å². The van der Waals surface area contributed by atoms with Crippen molar-refractivity contribution >= 4 is 35.1 Å². The Morgan fingerprint density at radius 3 is 2.20 bits per heavy atom. The molecule has 0 bridgehead atoms. The van der Waals surface area contributed by atoms with E-state index in [0.717, 1.165) is 17.2 Å². The SMILES string of the molecule is O=c1n(Cc2ccccc2)cc(-c2ccc(Cl)cc2)n1Cc1ccc(C(F)(F)P(=O)(O)O)c(Br)c1. The second-order valence-electron chi connectivity index (χ2n) is 7.90. The summed E-state index contributed by atoms with van der Waals surface area (Å²) in [5.74, 6) is 0. The van der Waals surface area contributed by atoms with Crippen LogP contribution in [0.5, 0.6) is 0 Å². The topological polar surface area (TPSA) is 84.5 Å². The zero-order chi connectivity index (χ0) is 25.4. The summed E-state index contributed by atoms with van der Waals surface area (Å²) in [6.07, 6.45) is 1.73. The molecule has 0 aliphatic rings. The Morgan fingerprint density at radius 1 is 0.943 bits per heavy atom. The molecular weight excluding hydrogens is 565 g/mol. The van der Waals surface area contributed by atoms with Gasteiger partial charge in [0.1, 0.15) is 0 Å². The average molecular weight is 584 g/mol. The molecule has 0 fully saturated rings. The predicted molar refractivity (Wildman–Crippen MR) is 134 cm³/mol. The molecule has 1 heterocycles. The third-order valence-corrected chi connectivity index (χ3v) is 7.33. The first-order chi connectivity index (χ1) is 16.5. The molecule has 0 aliphatic carbocycles. The van der Waals surface area contributed by atoms with Crippen LogP contribution in [0.1, 0.15) is 16.7 Å². The summed E-state index contributed by atoms with van der Waals surface area (Å²) in [6.45, 7) is 0.378. The molecule has 0 radical (unpaired) electrons. The predicted octanol–water partition coefficient (Wildman–Crippen LogP) is 6.06. The number of benzene rings is 3. The lowest BCUT2D eigenvalue weighted by Crippen LogP contribution is -2.25. The summed E-state index contributed by atoms with van der Waals surface area (Å²) in [5, 5.41) is 0.539. The molecule has 1 aromatic heterocycles. The fraction of sp³-hybridized carbons (Fsp3) is 0.125. The highest BCUT2D eigenvalue weighted by Crippen LogP contribution is 2.60. The third-order valence-electron chi connectivity index (χ3n) is 5.45. The van der Waals surface area contributed by atoms with E-state index in [-0.39, 0.29) is 16.7 Å². The van der Waals surface area contributed by atoms with Gasteiger partial charge in [0.2, 0.25) is 0 Å². The van der Waals surface area contributed by atoms with Gasteiger partial charge < -0.3 is 9.79 Å². The van der Waals surface area contributed by atoms with Crippen molar-refractivity contribution in [1.29, 1.82) is 0 Å². The summed E-state index contributed by atoms with van der Waals surface area (Å²) in [5.41, 5.74) is -2.74. The van der Waals surface area contributed by atoms with Crippen LogP contribution in [0.2, 0.25) is 5.02 Å². The summed E-state index contributed by atoms with van der Waals surface area (Å²) >= 11 is 9.02. The van der Waals surface area contributed by atoms with Crippen molar-refractivity contribution in [2.24, 2.45) is 0 Å². The second-order valence-corrected chi connectivity index (χ2v) is 10.8. The van der Waals surface area contributed by atoms with Gasteiger partial charge in [-0.1, -0.05) is 82.1 Å². The Kier molecular flexibility index (Phi) is 7.18. The number of aromatic nitrogens is 2. The Bertz CT molecular complexity index is 1470. The fourth-order valence-corrected chi connectivity index (χ4v) is 5.13. The van der Waals surface area contributed by atoms with Crippen LogP contribution in [0.25, 0.3) is 11.3 Å². The quantitative estimate of drug-likeness (QED) is 0.259. The summed E-state index contributed by atoms with van der Waals surface area (Å²) < 4.78 is 42.6. The van der Waals surface area contributed by atoms with Gasteiger partial charge in [-0.2, -0.15) is 8.78 Å². The molecule has 0 saturated heterocycles. The van der Waals surface area contributed by atoms with E-state index in [0.29, 0.717) is 22.8 Å². The number of alkyl halides is 2. The summed E-state index contributed by atoms with van der Waals surface area (Å²) in [6, 6.07) is 20.0. The van der Waals surface area contributed by atoms with Crippen LogP contribution in [-0.2, 0) is 23.3 Å². The molecule has 6 nitrogen and oxygen atoms in total. The molecule has 0 spiro atoms. The molecule has 35 heavy (non-hydrogen) atoms. The van der Waals surface area contributed by atoms with E-state index in [9.17, 15) is 18.1 Å². The van der Waals surface area contributed by atoms with Gasteiger partial charge in [0.15, 0.2) is 0 Å². The minimum absolute atomic E-state index is 0.0406. The smallest absolute Gasteiger partial charge is 0.320 e. The van der Waals surface area contributed by atoms with Crippen molar-refractivity contribution < 1.29 is 23.1 Å². The van der Waals surface area contributed by atoms with Gasteiger partial charge in [-0.25, -0.2) is 4.79 Å². The zero-order valence-electron chi connectivity index (χ0n) is 18.0. The highest BCUT2D eigenvalue weighted by molar-refractivity contribution is 9.10. The molecule has 0 saturated carbocycles. The fourth-order valence-electron chi connectivity index (χ4n) is 3.67. The van der Waals surface area contributed by atoms with E-state index in [1.54, 1.807) is 35.0 Å². The molecule has 0 amide bonds. The van der Waals surface area contributed by atoms with Crippen molar-refractivity contribution in [3.8, 4) is 11.3 Å². The average Bonchev–Trinajstić information content (AvgIpc) is 3.09. The number of rotatable bonds is 7. The highest BCUT2D eigenvalue weighted by atomic mass is 79.9. The molecule has 4 rings (SSSR count). The first kappa shape index (κ1) is 25.5. The van der Waals surface area contributed by atoms with Crippen molar-refractivity contribution in [2.45, 2.75) is 18.8 Å². The van der Waals surface area contributed by atoms with E-state index in [4.69, 9.17) is 21.4 Å². The van der Waals surface area contributed by atoms with Crippen LogP contribution in [0.3, 0.4) is 0 Å². The van der Waals surface area contributed by atoms with Crippen molar-refractivity contribution in [3.63, 3.8) is 0 Å². The monoisotopic (exact) mass is 582 g/mol. The molecule has 0 atom stereocenters. The normalized spacial score (nSPS) is 12.2. The Hall–Kier alpha value is -2.55. The molecule has 4 aromatic rings. The van der Waals surface area contributed by atoms with Crippen LogP contribution >= 0.6 is 35.1 Å². The minimum atomic E-state index is -5.72. The van der Waals surface area contributed by atoms with Crippen LogP contribution in [0.4, 0.5) is 8.78 Å². The molecule has 0 unspecified atom stereocenters. The van der Waals surface area contributed by atoms with Gasteiger partial charge in [-0.05, 0) is 34.9 Å². The Balaban J connectivity index is 1.76. The summed E-state index contributed by atoms with van der Waals surface area (Å²) in [4.78, 5) is 31.5. The standard InChI is InChI=1S/C24H19BrClF2N2O4P/c25-21-12-17(6-11-20(21)24(27,28)35(32,33)34)14-30-22(18-7-9-19(26)10-8-18)15-29(23(30)31)13-16-4-2-1-3-5-16/h1-12,15H,13-14H2,(H2,32,33,34). The van der Waals surface area contributed by atoms with Crippen LogP contribution in [-0.4, -0.2) is 18.9 Å². The number of imidazole rings is 1. The van der Waals surface area contributed by atoms with E-state index < -0.39 is 18.8 Å². The lowest BCUT2D eigenvalue weighted by molar-refractivity contribution is 0.0557. The van der Waals surface area contributed by atoms with Crippen LogP contribution in [0, 0.1) is 0 Å². The van der Waals surface area contributed by atoms with Crippen LogP contribution in [0.15, 0.2) is 88.3 Å². The van der Waals surface area contributed by atoms with E-state index in [1.165, 1.54) is 16.7 Å². The van der Waals surface area contributed by atoms with Gasteiger partial charge in [-0.3, -0.25) is 13.7 Å². The first-order valence-electron chi connectivity index (χ1n) is 10.3. The largest absolute Gasteiger partial charge is 0.399 e. The van der Waals surface area contributed by atoms with Gasteiger partial charge in [-0.15, -0.1) is 0 Å². The molecule has 3 aromatic carbocycles. The molecule has 0 aliphatic heterocycles. The first-order valence-corrected chi connectivity index (χ1v) is 13.1. The van der Waals surface area contributed by atoms with E-state index in [2.05, 4.69) is 15.9 Å². The summed E-state index contributed by atoms with van der Waals surface area (Å²) in [7, 11) is -5.72. The second kappa shape index (κ2) is 9.84. The third kappa shape index (κ3) is 5.34. The lowest BCUT2D eigenvalue weighted by atomic mass is 10.1. The van der Waals surface area contributed by atoms with Gasteiger partial charge in [0.05, 0.1) is 18.8 Å². The number of nitrogens with zero attached hydrogens (tertiary/aromatic N) is 2. The maximum Gasteiger partial charge on any atom is 0.399 e. The van der Waals surface area contributed by atoms with Gasteiger partial charge in [0, 0.05) is 21.3 Å². The van der Waals surface area contributed by atoms with Crippen molar-refractivity contribution in [2.75, 3.05) is 0 Å². The molecule has 182 valence electrons. The number of halogens is 4. The number of hydrogen-bond acceptors (Lipinski definition) is 2. The Morgan fingerprint density at radius 2 is 1.60 bits per heavy atom. The minimum Gasteiger partial charge on any atom is -0.320 e. The maximum absolute atomic E-state index is 14.2. The lowest BCUT2D eigenvalue weighted by Gasteiger charge is -2.19. The molecular formula is C24H19BrClF2N2O4P. The number of hydrogen-bond donors (Lipinski definition) is 2. The molecule has 2 N–H and O–H groups in total. The van der Waals surface area contributed by atoms with E-state index >= 15 is 0 Å². The van der Waals surface area contributed by atoms with Crippen LogP contribution < -0.4 is 5.69 Å². The zero-order valence-corrected chi connectivity index (χ0v) is 21.2. The Labute approximate surface area is 212 Å². The highest BCUT2D eigenvalue weighted by Gasteiger charge is 2.51. The van der Waals surface area contributed by atoms with Crippen molar-refractivity contribution in [1.82, 2.24) is 9.13 Å². The molecule has 11 heteroatoms.